The maximum Gasteiger partial charge on any atom is 0.438 e. The minimum Gasteiger partial charge on any atom is -0.409 e. The maximum absolute atomic E-state index is 11.2. The van der Waals surface area contributed by atoms with E-state index in [-0.39, 0.29) is 0 Å². The molecule has 0 bridgehead atoms. The number of ether oxygens (including phenoxy) is 1. The molecule has 0 N–H and O–H groups in total. The molecule has 0 spiro atoms. The number of carbonyl (C=O) groups is 1. The second kappa shape index (κ2) is 5.25. The third kappa shape index (κ3) is 3.05. The van der Waals surface area contributed by atoms with Crippen molar-refractivity contribution in [2.45, 2.75) is 19.8 Å². The Labute approximate surface area is 94.0 Å². The molecule has 0 heterocycles. The van der Waals surface area contributed by atoms with Crippen molar-refractivity contribution >= 4 is 6.09 Å². The van der Waals surface area contributed by atoms with Gasteiger partial charge < -0.3 is 4.74 Å². The lowest BCUT2D eigenvalue weighted by atomic mass is 10.0. The van der Waals surface area contributed by atoms with Crippen LogP contribution in [0.4, 0.5) is 4.79 Å². The van der Waals surface area contributed by atoms with Gasteiger partial charge in [-0.1, -0.05) is 26.0 Å². The Balaban J connectivity index is 2.78. The normalized spacial score (nSPS) is 10.0. The summed E-state index contributed by atoms with van der Waals surface area (Å²) in [5.41, 5.74) is 1.06. The first-order valence-corrected chi connectivity index (χ1v) is 4.93. The van der Waals surface area contributed by atoms with Crippen molar-refractivity contribution in [2.24, 2.45) is 5.29 Å². The monoisotopic (exact) mass is 222 g/mol. The van der Waals surface area contributed by atoms with Gasteiger partial charge in [0.15, 0.2) is 0 Å². The molecular formula is C11H14N2O3. The highest BCUT2D eigenvalue weighted by molar-refractivity contribution is 5.69. The van der Waals surface area contributed by atoms with Crippen molar-refractivity contribution in [2.75, 3.05) is 7.05 Å². The molecule has 0 aromatic heterocycles. The molecule has 5 nitrogen and oxygen atoms in total. The van der Waals surface area contributed by atoms with Crippen LogP contribution >= 0.6 is 0 Å². The topological polar surface area (TPSA) is 59.0 Å². The lowest BCUT2D eigenvalue weighted by Gasteiger charge is -2.10. The van der Waals surface area contributed by atoms with Crippen LogP contribution in [0, 0.1) is 4.91 Å². The van der Waals surface area contributed by atoms with Gasteiger partial charge >= 0.3 is 6.09 Å². The summed E-state index contributed by atoms with van der Waals surface area (Å²) in [5.74, 6) is 0.757. The Hall–Kier alpha value is -1.91. The number of nitrogens with zero attached hydrogens (tertiary/aromatic N) is 2. The smallest absolute Gasteiger partial charge is 0.409 e. The van der Waals surface area contributed by atoms with Gasteiger partial charge in [-0.15, -0.1) is 4.91 Å². The SMILES string of the molecule is CC(C)c1cccc(OC(=O)N(C)N=O)c1. The summed E-state index contributed by atoms with van der Waals surface area (Å²) in [6.45, 7) is 4.08. The standard InChI is InChI=1S/C11H14N2O3/c1-8(2)9-5-4-6-10(7-9)16-11(14)13(3)12-15/h4-8H,1-3H3. The van der Waals surface area contributed by atoms with E-state index in [0.29, 0.717) is 16.7 Å². The molecule has 1 aromatic rings. The van der Waals surface area contributed by atoms with Gasteiger partial charge in [-0.25, -0.2) is 4.79 Å². The van der Waals surface area contributed by atoms with E-state index in [9.17, 15) is 9.70 Å². The predicted molar refractivity (Wildman–Crippen MR) is 60.1 cm³/mol. The fourth-order valence-electron chi connectivity index (χ4n) is 1.14. The summed E-state index contributed by atoms with van der Waals surface area (Å²) in [4.78, 5) is 21.3. The van der Waals surface area contributed by atoms with E-state index >= 15 is 0 Å². The molecule has 16 heavy (non-hydrogen) atoms. The number of amides is 1. The third-order valence-electron chi connectivity index (χ3n) is 2.12. The molecule has 86 valence electrons. The second-order valence-corrected chi connectivity index (χ2v) is 3.70. The zero-order chi connectivity index (χ0) is 12.1. The van der Waals surface area contributed by atoms with E-state index in [0.717, 1.165) is 5.56 Å². The van der Waals surface area contributed by atoms with E-state index in [2.05, 4.69) is 5.29 Å². The Morgan fingerprint density at radius 1 is 1.44 bits per heavy atom. The van der Waals surface area contributed by atoms with Crippen molar-refractivity contribution < 1.29 is 9.53 Å². The molecule has 0 radical (unpaired) electrons. The van der Waals surface area contributed by atoms with Crippen LogP contribution in [0.15, 0.2) is 29.6 Å². The first-order valence-electron chi connectivity index (χ1n) is 4.93. The van der Waals surface area contributed by atoms with Crippen LogP contribution in [0.1, 0.15) is 25.3 Å². The summed E-state index contributed by atoms with van der Waals surface area (Å²) in [6, 6.07) is 7.17. The minimum absolute atomic E-state index is 0.348. The number of hydrogen-bond acceptors (Lipinski definition) is 4. The molecule has 0 aliphatic rings. The molecule has 0 unspecified atom stereocenters. The molecule has 5 heteroatoms. The van der Waals surface area contributed by atoms with Crippen molar-refractivity contribution in [3.05, 3.63) is 34.7 Å². The molecule has 0 saturated carbocycles. The van der Waals surface area contributed by atoms with Crippen molar-refractivity contribution in [1.29, 1.82) is 0 Å². The first kappa shape index (κ1) is 12.2. The summed E-state index contributed by atoms with van der Waals surface area (Å²) in [5, 5.41) is 3.05. The van der Waals surface area contributed by atoms with Crippen LogP contribution in [0.3, 0.4) is 0 Å². The third-order valence-corrected chi connectivity index (χ3v) is 2.12. The molecular weight excluding hydrogens is 208 g/mol. The average molecular weight is 222 g/mol. The number of nitroso groups, excluding NO2 is 1. The summed E-state index contributed by atoms with van der Waals surface area (Å²) >= 11 is 0. The van der Waals surface area contributed by atoms with Crippen LogP contribution in [0.25, 0.3) is 0 Å². The van der Waals surface area contributed by atoms with E-state index in [4.69, 9.17) is 4.74 Å². The molecule has 1 amide bonds. The van der Waals surface area contributed by atoms with Crippen LogP contribution in [-0.4, -0.2) is 18.1 Å². The number of carbonyl (C=O) groups excluding carboxylic acids is 1. The minimum atomic E-state index is -0.795. The fraction of sp³-hybridized carbons (Fsp3) is 0.364. The zero-order valence-electron chi connectivity index (χ0n) is 9.51. The van der Waals surface area contributed by atoms with Gasteiger partial charge in [0, 0.05) is 7.05 Å². The maximum atomic E-state index is 11.2. The van der Waals surface area contributed by atoms with Gasteiger partial charge in [0.25, 0.3) is 0 Å². The van der Waals surface area contributed by atoms with Gasteiger partial charge in [-0.3, -0.25) is 0 Å². The van der Waals surface area contributed by atoms with Crippen molar-refractivity contribution in [3.8, 4) is 5.75 Å². The highest BCUT2D eigenvalue weighted by Gasteiger charge is 2.11. The Bertz CT molecular complexity index is 391. The highest BCUT2D eigenvalue weighted by atomic mass is 16.6. The molecule has 1 aromatic carbocycles. The summed E-state index contributed by atoms with van der Waals surface area (Å²) in [6.07, 6.45) is -0.795. The van der Waals surface area contributed by atoms with Gasteiger partial charge in [0.05, 0.1) is 5.29 Å². The quantitative estimate of drug-likeness (QED) is 0.583. The second-order valence-electron chi connectivity index (χ2n) is 3.70. The van der Waals surface area contributed by atoms with Crippen LogP contribution in [0.2, 0.25) is 0 Å². The van der Waals surface area contributed by atoms with Gasteiger partial charge in [-0.05, 0) is 23.6 Å². The van der Waals surface area contributed by atoms with Crippen molar-refractivity contribution in [1.82, 2.24) is 5.01 Å². The van der Waals surface area contributed by atoms with E-state index in [1.54, 1.807) is 18.2 Å². The summed E-state index contributed by atoms with van der Waals surface area (Å²) < 4.78 is 4.95. The molecule has 1 rings (SSSR count). The van der Waals surface area contributed by atoms with Gasteiger partial charge in [0.1, 0.15) is 5.75 Å². The molecule has 0 saturated heterocycles. The largest absolute Gasteiger partial charge is 0.438 e. The van der Waals surface area contributed by atoms with Crippen LogP contribution in [0.5, 0.6) is 5.75 Å². The number of rotatable bonds is 3. The zero-order valence-corrected chi connectivity index (χ0v) is 9.51. The Morgan fingerprint density at radius 2 is 2.12 bits per heavy atom. The highest BCUT2D eigenvalue weighted by Crippen LogP contribution is 2.20. The van der Waals surface area contributed by atoms with Crippen LogP contribution < -0.4 is 4.74 Å². The molecule has 0 aliphatic carbocycles. The Morgan fingerprint density at radius 3 is 2.69 bits per heavy atom. The lowest BCUT2D eigenvalue weighted by Crippen LogP contribution is -2.24. The lowest BCUT2D eigenvalue weighted by molar-refractivity contribution is 0.164. The van der Waals surface area contributed by atoms with E-state index in [1.807, 2.05) is 19.9 Å². The van der Waals surface area contributed by atoms with Gasteiger partial charge in [-0.2, -0.15) is 5.01 Å². The Kier molecular flexibility index (Phi) is 3.99. The molecule has 0 fully saturated rings. The van der Waals surface area contributed by atoms with Gasteiger partial charge in [0.2, 0.25) is 0 Å². The van der Waals surface area contributed by atoms with Crippen molar-refractivity contribution in [3.63, 3.8) is 0 Å². The molecule has 0 aliphatic heterocycles. The first-order chi connectivity index (χ1) is 7.54. The number of hydrogen-bond donors (Lipinski definition) is 0. The van der Waals surface area contributed by atoms with Crippen LogP contribution in [-0.2, 0) is 0 Å². The average Bonchev–Trinajstić information content (AvgIpc) is 2.28. The summed E-state index contributed by atoms with van der Waals surface area (Å²) in [7, 11) is 1.24. The number of benzene rings is 1. The molecule has 0 atom stereocenters. The predicted octanol–water partition coefficient (Wildman–Crippen LogP) is 2.92. The fourth-order valence-corrected chi connectivity index (χ4v) is 1.14. The van der Waals surface area contributed by atoms with E-state index in [1.165, 1.54) is 7.05 Å². The van der Waals surface area contributed by atoms with E-state index < -0.39 is 6.09 Å².